The molecule has 7 nitrogen and oxygen atoms in total. The molecule has 1 aliphatic heterocycles. The Morgan fingerprint density at radius 1 is 1.27 bits per heavy atom. The van der Waals surface area contributed by atoms with Gasteiger partial charge in [-0.25, -0.2) is 4.79 Å². The molecular weight excluding hydrogens is 286 g/mol. The molecule has 126 valence electrons. The predicted octanol–water partition coefficient (Wildman–Crippen LogP) is 0.980. The van der Waals surface area contributed by atoms with Crippen LogP contribution >= 0.6 is 0 Å². The summed E-state index contributed by atoms with van der Waals surface area (Å²) in [6.07, 6.45) is 1.90. The number of carbonyl (C=O) groups is 3. The third-order valence-electron chi connectivity index (χ3n) is 3.45. The summed E-state index contributed by atoms with van der Waals surface area (Å²) in [4.78, 5) is 39.0. The summed E-state index contributed by atoms with van der Waals surface area (Å²) in [5.41, 5.74) is -0.607. The van der Waals surface area contributed by atoms with Gasteiger partial charge in [0.25, 0.3) is 0 Å². The van der Waals surface area contributed by atoms with Crippen molar-refractivity contribution in [1.82, 2.24) is 15.1 Å². The molecular formula is C15H27N3O4. The Morgan fingerprint density at radius 2 is 1.91 bits per heavy atom. The van der Waals surface area contributed by atoms with Crippen molar-refractivity contribution in [2.24, 2.45) is 0 Å². The summed E-state index contributed by atoms with van der Waals surface area (Å²) in [5, 5.41) is 2.59. The average molecular weight is 313 g/mol. The second-order valence-electron chi connectivity index (χ2n) is 6.55. The topological polar surface area (TPSA) is 79.0 Å². The zero-order valence-electron chi connectivity index (χ0n) is 14.1. The highest BCUT2D eigenvalue weighted by molar-refractivity contribution is 5.89. The molecule has 1 atom stereocenters. The number of hydrogen-bond acceptors (Lipinski definition) is 4. The molecule has 1 unspecified atom stereocenters. The van der Waals surface area contributed by atoms with Crippen LogP contribution in [0.3, 0.4) is 0 Å². The summed E-state index contributed by atoms with van der Waals surface area (Å²) in [7, 11) is 3.08. The highest BCUT2D eigenvalue weighted by atomic mass is 16.6. The number of rotatable bonds is 3. The Balaban J connectivity index is 2.65. The van der Waals surface area contributed by atoms with E-state index in [1.54, 1.807) is 32.7 Å². The zero-order chi connectivity index (χ0) is 16.9. The molecule has 7 heteroatoms. The van der Waals surface area contributed by atoms with E-state index in [0.717, 1.165) is 12.8 Å². The van der Waals surface area contributed by atoms with E-state index in [1.807, 2.05) is 0 Å². The van der Waals surface area contributed by atoms with Crippen LogP contribution in [0.25, 0.3) is 0 Å². The van der Waals surface area contributed by atoms with Gasteiger partial charge in [0.05, 0.1) is 0 Å². The van der Waals surface area contributed by atoms with Crippen molar-refractivity contribution < 1.29 is 19.1 Å². The maximum atomic E-state index is 12.4. The van der Waals surface area contributed by atoms with Crippen LogP contribution in [0.1, 0.15) is 40.0 Å². The number of likely N-dealkylation sites (N-methyl/N-ethyl adjacent to an activating group) is 2. The summed E-state index contributed by atoms with van der Waals surface area (Å²) >= 11 is 0. The van der Waals surface area contributed by atoms with Crippen LogP contribution in [0.2, 0.25) is 0 Å². The molecule has 1 heterocycles. The molecule has 1 rings (SSSR count). The molecule has 0 aromatic carbocycles. The van der Waals surface area contributed by atoms with Gasteiger partial charge in [0.2, 0.25) is 11.8 Å². The minimum atomic E-state index is -0.607. The molecule has 0 radical (unpaired) electrons. The highest BCUT2D eigenvalue weighted by Crippen LogP contribution is 2.18. The summed E-state index contributed by atoms with van der Waals surface area (Å²) in [6.45, 7) is 5.76. The van der Waals surface area contributed by atoms with E-state index in [2.05, 4.69) is 5.32 Å². The van der Waals surface area contributed by atoms with Gasteiger partial charge in [-0.3, -0.25) is 9.59 Å². The van der Waals surface area contributed by atoms with Crippen LogP contribution in [0, 0.1) is 0 Å². The third-order valence-corrected chi connectivity index (χ3v) is 3.45. The maximum absolute atomic E-state index is 12.4. The van der Waals surface area contributed by atoms with E-state index < -0.39 is 17.7 Å². The van der Waals surface area contributed by atoms with Crippen molar-refractivity contribution in [1.29, 1.82) is 0 Å². The lowest BCUT2D eigenvalue weighted by atomic mass is 10.0. The van der Waals surface area contributed by atoms with Crippen molar-refractivity contribution >= 4 is 17.9 Å². The fraction of sp³-hybridized carbons (Fsp3) is 0.800. The molecule has 0 aromatic heterocycles. The van der Waals surface area contributed by atoms with Gasteiger partial charge >= 0.3 is 6.09 Å². The third kappa shape index (κ3) is 5.20. The van der Waals surface area contributed by atoms with Crippen LogP contribution in [0.15, 0.2) is 0 Å². The second kappa shape index (κ2) is 7.47. The van der Waals surface area contributed by atoms with Crippen molar-refractivity contribution in [3.8, 4) is 0 Å². The van der Waals surface area contributed by atoms with Crippen molar-refractivity contribution in [3.63, 3.8) is 0 Å². The smallest absolute Gasteiger partial charge is 0.410 e. The highest BCUT2D eigenvalue weighted by Gasteiger charge is 2.32. The molecule has 22 heavy (non-hydrogen) atoms. The molecule has 0 aromatic rings. The number of ether oxygens (including phenoxy) is 1. The minimum Gasteiger partial charge on any atom is -0.444 e. The van der Waals surface area contributed by atoms with Gasteiger partial charge in [0.15, 0.2) is 0 Å². The Hall–Kier alpha value is -1.79. The van der Waals surface area contributed by atoms with Gasteiger partial charge in [-0.05, 0) is 40.0 Å². The summed E-state index contributed by atoms with van der Waals surface area (Å²) in [6, 6.07) is -0.446. The van der Waals surface area contributed by atoms with Gasteiger partial charge in [-0.1, -0.05) is 0 Å². The Morgan fingerprint density at radius 3 is 2.45 bits per heavy atom. The lowest BCUT2D eigenvalue weighted by Crippen LogP contribution is -2.54. The fourth-order valence-electron chi connectivity index (χ4n) is 2.37. The van der Waals surface area contributed by atoms with Gasteiger partial charge in [-0.15, -0.1) is 0 Å². The Labute approximate surface area is 132 Å². The zero-order valence-corrected chi connectivity index (χ0v) is 14.1. The number of likely N-dealkylation sites (tertiary alicyclic amines) is 1. The van der Waals surface area contributed by atoms with Crippen LogP contribution < -0.4 is 5.32 Å². The second-order valence-corrected chi connectivity index (χ2v) is 6.55. The summed E-state index contributed by atoms with van der Waals surface area (Å²) in [5.74, 6) is -0.394. The Kier molecular flexibility index (Phi) is 6.20. The number of amides is 3. The maximum Gasteiger partial charge on any atom is 0.410 e. The molecule has 0 saturated carbocycles. The number of nitrogens with one attached hydrogen (secondary N) is 1. The first kappa shape index (κ1) is 18.3. The van der Waals surface area contributed by atoms with Crippen LogP contribution in [-0.2, 0) is 14.3 Å². The Bertz CT molecular complexity index is 431. The van der Waals surface area contributed by atoms with Crippen LogP contribution in [0.4, 0.5) is 4.79 Å². The van der Waals surface area contributed by atoms with Crippen LogP contribution in [-0.4, -0.2) is 66.5 Å². The largest absolute Gasteiger partial charge is 0.444 e. The molecule has 0 aliphatic carbocycles. The van der Waals surface area contributed by atoms with E-state index >= 15 is 0 Å². The van der Waals surface area contributed by atoms with Crippen molar-refractivity contribution in [2.45, 2.75) is 51.7 Å². The first-order chi connectivity index (χ1) is 10.2. The predicted molar refractivity (Wildman–Crippen MR) is 82.3 cm³/mol. The van der Waals surface area contributed by atoms with E-state index in [9.17, 15) is 14.4 Å². The molecule has 3 amide bonds. The lowest BCUT2D eigenvalue weighted by Gasteiger charge is -2.35. The average Bonchev–Trinajstić information content (AvgIpc) is 2.44. The SMILES string of the molecule is CNC(=O)C1CCCCN1C(=O)CN(C)C(=O)OC(C)(C)C. The minimum absolute atomic E-state index is 0.0948. The first-order valence-corrected chi connectivity index (χ1v) is 7.61. The van der Waals surface area contributed by atoms with Crippen LogP contribution in [0.5, 0.6) is 0 Å². The quantitative estimate of drug-likeness (QED) is 0.842. The lowest BCUT2D eigenvalue weighted by molar-refractivity contribution is -0.142. The van der Waals surface area contributed by atoms with E-state index in [0.29, 0.717) is 13.0 Å². The molecule has 0 bridgehead atoms. The molecule has 1 saturated heterocycles. The fourth-order valence-corrected chi connectivity index (χ4v) is 2.37. The number of piperidine rings is 1. The first-order valence-electron chi connectivity index (χ1n) is 7.61. The van der Waals surface area contributed by atoms with Crippen molar-refractivity contribution in [3.05, 3.63) is 0 Å². The number of hydrogen-bond donors (Lipinski definition) is 1. The molecule has 1 aliphatic rings. The van der Waals surface area contributed by atoms with Gasteiger partial charge < -0.3 is 19.9 Å². The van der Waals surface area contributed by atoms with Gasteiger partial charge in [0.1, 0.15) is 18.2 Å². The van der Waals surface area contributed by atoms with E-state index in [4.69, 9.17) is 4.74 Å². The van der Waals surface area contributed by atoms with E-state index in [-0.39, 0.29) is 18.4 Å². The molecule has 0 spiro atoms. The number of carbonyl (C=O) groups excluding carboxylic acids is 3. The van der Waals surface area contributed by atoms with E-state index in [1.165, 1.54) is 11.9 Å². The van der Waals surface area contributed by atoms with Crippen molar-refractivity contribution in [2.75, 3.05) is 27.2 Å². The normalized spacial score (nSPS) is 18.6. The van der Waals surface area contributed by atoms with Gasteiger partial charge in [0, 0.05) is 20.6 Å². The number of nitrogens with zero attached hydrogens (tertiary/aromatic N) is 2. The molecule has 1 N–H and O–H groups in total. The van der Waals surface area contributed by atoms with Gasteiger partial charge in [-0.2, -0.15) is 0 Å². The molecule has 1 fully saturated rings. The summed E-state index contributed by atoms with van der Waals surface area (Å²) < 4.78 is 5.22. The standard InChI is InChI=1S/C15H27N3O4/c1-15(2,3)22-14(21)17(5)10-12(19)18-9-7-6-8-11(18)13(20)16-4/h11H,6-10H2,1-5H3,(H,16,20). The monoisotopic (exact) mass is 313 g/mol.